The molecular weight excluding hydrogens is 352 g/mol. The number of aryl methyl sites for hydroxylation is 1. The van der Waals surface area contributed by atoms with Crippen molar-refractivity contribution in [2.45, 2.75) is 26.3 Å². The Kier molecular flexibility index (Phi) is 6.87. The van der Waals surface area contributed by atoms with Crippen molar-refractivity contribution in [1.82, 2.24) is 5.32 Å². The number of nitrogens with one attached hydrogen (secondary N) is 1. The lowest BCUT2D eigenvalue weighted by Gasteiger charge is -2.09. The van der Waals surface area contributed by atoms with E-state index >= 15 is 0 Å². The number of carboxylic acid groups (broad SMARTS) is 1. The van der Waals surface area contributed by atoms with Gasteiger partial charge in [-0.2, -0.15) is 0 Å². The molecule has 2 aromatic rings. The molecule has 0 aliphatic carbocycles. The standard InChI is InChI=1S/C19H20N2O6/c1-13-4-9-17(21(25)26)16(11-13)19(24)20-12-14-5-7-15(8-6-14)27-10-2-3-18(22)23/h4-9,11H,2-3,10,12H2,1H3,(H,20,24)(H,22,23). The summed E-state index contributed by atoms with van der Waals surface area (Å²) < 4.78 is 5.44. The Labute approximate surface area is 155 Å². The third-order valence-corrected chi connectivity index (χ3v) is 3.77. The Bertz CT molecular complexity index is 833. The van der Waals surface area contributed by atoms with Crippen molar-refractivity contribution in [3.05, 3.63) is 69.3 Å². The predicted octanol–water partition coefficient (Wildman–Crippen LogP) is 3.08. The zero-order valence-electron chi connectivity index (χ0n) is 14.8. The van der Waals surface area contributed by atoms with Crippen LogP contribution in [0.25, 0.3) is 0 Å². The number of aliphatic carboxylic acids is 1. The number of nitro benzene ring substituents is 1. The average molecular weight is 372 g/mol. The summed E-state index contributed by atoms with van der Waals surface area (Å²) in [5.74, 6) is -0.775. The van der Waals surface area contributed by atoms with Crippen molar-refractivity contribution in [3.8, 4) is 5.75 Å². The summed E-state index contributed by atoms with van der Waals surface area (Å²) in [5.41, 5.74) is 1.35. The normalized spacial score (nSPS) is 10.3. The highest BCUT2D eigenvalue weighted by Gasteiger charge is 2.19. The predicted molar refractivity (Wildman–Crippen MR) is 97.8 cm³/mol. The van der Waals surface area contributed by atoms with Crippen molar-refractivity contribution in [3.63, 3.8) is 0 Å². The smallest absolute Gasteiger partial charge is 0.303 e. The van der Waals surface area contributed by atoms with Gasteiger partial charge >= 0.3 is 5.97 Å². The topological polar surface area (TPSA) is 119 Å². The van der Waals surface area contributed by atoms with Gasteiger partial charge in [-0.1, -0.05) is 18.2 Å². The highest BCUT2D eigenvalue weighted by atomic mass is 16.6. The van der Waals surface area contributed by atoms with Crippen LogP contribution in [0.1, 0.15) is 34.3 Å². The van der Waals surface area contributed by atoms with Crippen molar-refractivity contribution >= 4 is 17.6 Å². The molecule has 2 N–H and O–H groups in total. The van der Waals surface area contributed by atoms with Gasteiger partial charge in [0.15, 0.2) is 0 Å². The fourth-order valence-corrected chi connectivity index (χ4v) is 2.39. The minimum absolute atomic E-state index is 0.0263. The van der Waals surface area contributed by atoms with E-state index in [9.17, 15) is 19.7 Å². The lowest BCUT2D eigenvalue weighted by Crippen LogP contribution is -2.23. The van der Waals surface area contributed by atoms with Gasteiger partial charge in [0, 0.05) is 19.0 Å². The first kappa shape index (κ1) is 19.9. The summed E-state index contributed by atoms with van der Waals surface area (Å²) in [6.45, 7) is 2.28. The number of hydrogen-bond acceptors (Lipinski definition) is 5. The number of ether oxygens (including phenoxy) is 1. The molecule has 0 unspecified atom stereocenters. The van der Waals surface area contributed by atoms with E-state index in [0.717, 1.165) is 11.1 Å². The lowest BCUT2D eigenvalue weighted by molar-refractivity contribution is -0.385. The zero-order valence-corrected chi connectivity index (χ0v) is 14.8. The molecule has 2 aromatic carbocycles. The lowest BCUT2D eigenvalue weighted by atomic mass is 10.1. The first-order valence-electron chi connectivity index (χ1n) is 8.33. The van der Waals surface area contributed by atoms with Gasteiger partial charge < -0.3 is 15.2 Å². The second kappa shape index (κ2) is 9.33. The number of hydrogen-bond donors (Lipinski definition) is 2. The average Bonchev–Trinajstić information content (AvgIpc) is 2.63. The first-order valence-corrected chi connectivity index (χ1v) is 8.33. The van der Waals surface area contributed by atoms with E-state index in [-0.39, 0.29) is 24.2 Å². The monoisotopic (exact) mass is 372 g/mol. The van der Waals surface area contributed by atoms with Gasteiger partial charge in [0.25, 0.3) is 11.6 Å². The van der Waals surface area contributed by atoms with Gasteiger partial charge in [-0.25, -0.2) is 0 Å². The number of benzene rings is 2. The maximum absolute atomic E-state index is 12.3. The molecule has 0 spiro atoms. The molecular formula is C19H20N2O6. The third kappa shape index (κ3) is 6.10. The molecule has 8 heteroatoms. The van der Waals surface area contributed by atoms with Crippen LogP contribution in [0.4, 0.5) is 5.69 Å². The van der Waals surface area contributed by atoms with Crippen molar-refractivity contribution < 1.29 is 24.4 Å². The summed E-state index contributed by atoms with van der Waals surface area (Å²) in [5, 5.41) is 22.3. The van der Waals surface area contributed by atoms with Crippen molar-refractivity contribution in [1.29, 1.82) is 0 Å². The van der Waals surface area contributed by atoms with Gasteiger partial charge in [0.2, 0.25) is 0 Å². The fraction of sp³-hybridized carbons (Fsp3) is 0.263. The molecule has 0 aliphatic heterocycles. The maximum atomic E-state index is 12.3. The van der Waals surface area contributed by atoms with Gasteiger partial charge in [0.1, 0.15) is 11.3 Å². The minimum Gasteiger partial charge on any atom is -0.494 e. The van der Waals surface area contributed by atoms with E-state index in [1.165, 1.54) is 12.1 Å². The second-order valence-corrected chi connectivity index (χ2v) is 5.95. The van der Waals surface area contributed by atoms with Crippen LogP contribution in [0.5, 0.6) is 5.75 Å². The highest BCUT2D eigenvalue weighted by Crippen LogP contribution is 2.20. The Morgan fingerprint density at radius 3 is 2.52 bits per heavy atom. The van der Waals surface area contributed by atoms with Crippen LogP contribution in [-0.2, 0) is 11.3 Å². The van der Waals surface area contributed by atoms with Crippen LogP contribution in [0.2, 0.25) is 0 Å². The van der Waals surface area contributed by atoms with Crippen LogP contribution in [0.3, 0.4) is 0 Å². The number of carbonyl (C=O) groups is 2. The fourth-order valence-electron chi connectivity index (χ4n) is 2.39. The number of carbonyl (C=O) groups excluding carboxylic acids is 1. The van der Waals surface area contributed by atoms with Gasteiger partial charge in [0.05, 0.1) is 11.5 Å². The van der Waals surface area contributed by atoms with Crippen LogP contribution in [-0.4, -0.2) is 28.5 Å². The van der Waals surface area contributed by atoms with Crippen LogP contribution < -0.4 is 10.1 Å². The summed E-state index contributed by atoms with van der Waals surface area (Å²) in [6.07, 6.45) is 0.470. The molecule has 1 amide bonds. The van der Waals surface area contributed by atoms with Crippen molar-refractivity contribution in [2.24, 2.45) is 0 Å². The molecule has 0 bridgehead atoms. The number of nitrogens with zero attached hydrogens (tertiary/aromatic N) is 1. The molecule has 2 rings (SSSR count). The largest absolute Gasteiger partial charge is 0.494 e. The van der Waals surface area contributed by atoms with Gasteiger partial charge in [-0.15, -0.1) is 0 Å². The van der Waals surface area contributed by atoms with E-state index in [1.807, 2.05) is 0 Å². The van der Waals surface area contributed by atoms with E-state index in [1.54, 1.807) is 37.3 Å². The molecule has 0 aromatic heterocycles. The molecule has 0 radical (unpaired) electrons. The Morgan fingerprint density at radius 2 is 1.89 bits per heavy atom. The Hall–Kier alpha value is -3.42. The van der Waals surface area contributed by atoms with E-state index in [0.29, 0.717) is 18.8 Å². The van der Waals surface area contributed by atoms with E-state index < -0.39 is 16.8 Å². The van der Waals surface area contributed by atoms with Crippen LogP contribution >= 0.6 is 0 Å². The first-order chi connectivity index (χ1) is 12.9. The summed E-state index contributed by atoms with van der Waals surface area (Å²) >= 11 is 0. The third-order valence-electron chi connectivity index (χ3n) is 3.77. The molecule has 0 saturated heterocycles. The molecule has 8 nitrogen and oxygen atoms in total. The minimum atomic E-state index is -0.862. The van der Waals surface area contributed by atoms with E-state index in [4.69, 9.17) is 9.84 Å². The summed E-state index contributed by atoms with van der Waals surface area (Å²) in [6, 6.07) is 11.4. The summed E-state index contributed by atoms with van der Waals surface area (Å²) in [7, 11) is 0. The highest BCUT2D eigenvalue weighted by molar-refractivity contribution is 5.98. The summed E-state index contributed by atoms with van der Waals surface area (Å²) in [4.78, 5) is 33.2. The SMILES string of the molecule is Cc1ccc([N+](=O)[O-])c(C(=O)NCc2ccc(OCCCC(=O)O)cc2)c1. The Balaban J connectivity index is 1.91. The van der Waals surface area contributed by atoms with Crippen molar-refractivity contribution in [2.75, 3.05) is 6.61 Å². The molecule has 142 valence electrons. The molecule has 0 heterocycles. The number of nitro groups is 1. The molecule has 0 saturated carbocycles. The Morgan fingerprint density at radius 1 is 1.19 bits per heavy atom. The van der Waals surface area contributed by atoms with E-state index in [2.05, 4.69) is 5.32 Å². The molecule has 0 fully saturated rings. The quantitative estimate of drug-likeness (QED) is 0.397. The van der Waals surface area contributed by atoms with Crippen LogP contribution in [0.15, 0.2) is 42.5 Å². The van der Waals surface area contributed by atoms with Gasteiger partial charge in [-0.3, -0.25) is 19.7 Å². The molecule has 0 atom stereocenters. The zero-order chi connectivity index (χ0) is 19.8. The van der Waals surface area contributed by atoms with Gasteiger partial charge in [-0.05, 0) is 42.7 Å². The molecule has 0 aliphatic rings. The second-order valence-electron chi connectivity index (χ2n) is 5.95. The van der Waals surface area contributed by atoms with Crippen LogP contribution in [0, 0.1) is 17.0 Å². The number of carboxylic acids is 1. The molecule has 27 heavy (non-hydrogen) atoms. The number of rotatable bonds is 9. The maximum Gasteiger partial charge on any atom is 0.303 e. The number of amides is 1.